The number of fused-ring (bicyclic) bond motifs is 1. The van der Waals surface area contributed by atoms with Crippen LogP contribution in [0.25, 0.3) is 11.2 Å². The highest BCUT2D eigenvalue weighted by Crippen LogP contribution is 2.24. The van der Waals surface area contributed by atoms with Gasteiger partial charge in [0.25, 0.3) is 0 Å². The van der Waals surface area contributed by atoms with Gasteiger partial charge in [-0.2, -0.15) is 4.98 Å². The van der Waals surface area contributed by atoms with Crippen LogP contribution in [0.1, 0.15) is 18.9 Å². The molecule has 5 nitrogen and oxygen atoms in total. The van der Waals surface area contributed by atoms with Crippen molar-refractivity contribution in [1.29, 1.82) is 0 Å². The maximum atomic E-state index is 5.94. The highest BCUT2D eigenvalue weighted by Gasteiger charge is 2.14. The van der Waals surface area contributed by atoms with Gasteiger partial charge in [-0.25, -0.2) is 4.98 Å². The van der Waals surface area contributed by atoms with Crippen molar-refractivity contribution in [1.82, 2.24) is 15.0 Å². The summed E-state index contributed by atoms with van der Waals surface area (Å²) in [5.74, 6) is 1.93. The van der Waals surface area contributed by atoms with Crippen molar-refractivity contribution in [3.05, 3.63) is 47.2 Å². The van der Waals surface area contributed by atoms with E-state index in [1.165, 1.54) is 0 Å². The van der Waals surface area contributed by atoms with E-state index in [1.54, 1.807) is 25.3 Å². The molecule has 0 aliphatic rings. The number of nitrogens with zero attached hydrogens (tertiary/aromatic N) is 2. The van der Waals surface area contributed by atoms with Gasteiger partial charge in [0.1, 0.15) is 11.6 Å². The summed E-state index contributed by atoms with van der Waals surface area (Å²) in [6.45, 7) is 1.91. The van der Waals surface area contributed by atoms with Crippen molar-refractivity contribution in [3.8, 4) is 11.6 Å². The number of ether oxygens (including phenoxy) is 2. The first-order valence-electron chi connectivity index (χ1n) is 6.48. The molecule has 21 heavy (non-hydrogen) atoms. The molecule has 0 amide bonds. The van der Waals surface area contributed by atoms with E-state index in [4.69, 9.17) is 21.1 Å². The first kappa shape index (κ1) is 13.7. The van der Waals surface area contributed by atoms with Crippen LogP contribution in [0.3, 0.4) is 0 Å². The van der Waals surface area contributed by atoms with Gasteiger partial charge in [-0.1, -0.05) is 17.7 Å². The van der Waals surface area contributed by atoms with Crippen molar-refractivity contribution in [3.63, 3.8) is 0 Å². The van der Waals surface area contributed by atoms with Crippen LogP contribution in [0.5, 0.6) is 11.6 Å². The predicted molar refractivity (Wildman–Crippen MR) is 80.9 cm³/mol. The molecular formula is C15H14ClN3O2. The normalized spacial score (nSPS) is 12.3. The highest BCUT2D eigenvalue weighted by atomic mass is 35.5. The number of nitrogens with one attached hydrogen (secondary N) is 1. The Hall–Kier alpha value is -2.27. The number of aromatic amines is 1. The highest BCUT2D eigenvalue weighted by molar-refractivity contribution is 6.30. The summed E-state index contributed by atoms with van der Waals surface area (Å²) in [7, 11) is 1.58. The van der Waals surface area contributed by atoms with E-state index in [-0.39, 0.29) is 6.10 Å². The third kappa shape index (κ3) is 2.92. The molecule has 0 fully saturated rings. The summed E-state index contributed by atoms with van der Waals surface area (Å²) in [5, 5.41) is 0.635. The summed E-state index contributed by atoms with van der Waals surface area (Å²) in [5.41, 5.74) is 1.44. The minimum atomic E-state index is -0.247. The Labute approximate surface area is 126 Å². The predicted octanol–water partition coefficient (Wildman–Crippen LogP) is 3.76. The quantitative estimate of drug-likeness (QED) is 0.797. The van der Waals surface area contributed by atoms with E-state index in [2.05, 4.69) is 15.0 Å². The van der Waals surface area contributed by atoms with Crippen molar-refractivity contribution in [2.45, 2.75) is 13.0 Å². The second kappa shape index (κ2) is 5.61. The smallest absolute Gasteiger partial charge is 0.215 e. The fourth-order valence-electron chi connectivity index (χ4n) is 2.00. The minimum absolute atomic E-state index is 0.247. The molecule has 0 radical (unpaired) electrons. The Morgan fingerprint density at radius 3 is 2.81 bits per heavy atom. The third-order valence-electron chi connectivity index (χ3n) is 3.04. The summed E-state index contributed by atoms with van der Waals surface area (Å²) in [4.78, 5) is 11.9. The van der Waals surface area contributed by atoms with Crippen molar-refractivity contribution >= 4 is 22.8 Å². The molecule has 0 bridgehead atoms. The van der Waals surface area contributed by atoms with Gasteiger partial charge in [0.15, 0.2) is 11.8 Å². The van der Waals surface area contributed by atoms with Gasteiger partial charge in [0.2, 0.25) is 5.88 Å². The second-order valence-corrected chi connectivity index (χ2v) is 5.00. The van der Waals surface area contributed by atoms with E-state index >= 15 is 0 Å². The lowest BCUT2D eigenvalue weighted by Crippen LogP contribution is -2.04. The van der Waals surface area contributed by atoms with Crippen LogP contribution in [-0.2, 0) is 0 Å². The number of hydrogen-bond donors (Lipinski definition) is 1. The molecule has 0 saturated carbocycles. The van der Waals surface area contributed by atoms with Crippen LogP contribution < -0.4 is 9.47 Å². The molecule has 3 rings (SSSR count). The number of benzene rings is 1. The van der Waals surface area contributed by atoms with E-state index in [1.807, 2.05) is 25.1 Å². The van der Waals surface area contributed by atoms with Crippen LogP contribution in [0.2, 0.25) is 5.02 Å². The topological polar surface area (TPSA) is 60.0 Å². The van der Waals surface area contributed by atoms with Gasteiger partial charge >= 0.3 is 0 Å². The van der Waals surface area contributed by atoms with Crippen LogP contribution in [0, 0.1) is 0 Å². The molecule has 2 heterocycles. The van der Waals surface area contributed by atoms with E-state index < -0.39 is 0 Å². The maximum Gasteiger partial charge on any atom is 0.215 e. The molecule has 108 valence electrons. The summed E-state index contributed by atoms with van der Waals surface area (Å²) >= 11 is 5.94. The Bertz CT molecular complexity index is 772. The second-order valence-electron chi connectivity index (χ2n) is 4.56. The number of imidazole rings is 1. The zero-order chi connectivity index (χ0) is 14.8. The van der Waals surface area contributed by atoms with Crippen LogP contribution in [-0.4, -0.2) is 22.1 Å². The largest absolute Gasteiger partial charge is 0.483 e. The zero-order valence-electron chi connectivity index (χ0n) is 11.6. The SMILES string of the molecule is COc1ccc2[nH]c(C(C)Oc3cccc(Cl)c3)nc2n1. The lowest BCUT2D eigenvalue weighted by Gasteiger charge is -2.12. The van der Waals surface area contributed by atoms with Crippen molar-refractivity contribution in [2.75, 3.05) is 7.11 Å². The molecule has 1 atom stereocenters. The van der Waals surface area contributed by atoms with Crippen LogP contribution in [0.15, 0.2) is 36.4 Å². The van der Waals surface area contributed by atoms with E-state index in [0.29, 0.717) is 28.1 Å². The van der Waals surface area contributed by atoms with Gasteiger partial charge in [0.05, 0.1) is 12.6 Å². The average molecular weight is 304 g/mol. The minimum Gasteiger partial charge on any atom is -0.483 e. The monoisotopic (exact) mass is 303 g/mol. The molecule has 1 aromatic carbocycles. The number of pyridine rings is 1. The molecule has 0 aliphatic carbocycles. The number of halogens is 1. The number of methoxy groups -OCH3 is 1. The van der Waals surface area contributed by atoms with Crippen molar-refractivity contribution in [2.24, 2.45) is 0 Å². The Morgan fingerprint density at radius 2 is 2.05 bits per heavy atom. The molecule has 3 aromatic rings. The van der Waals surface area contributed by atoms with Crippen molar-refractivity contribution < 1.29 is 9.47 Å². The van der Waals surface area contributed by atoms with Crippen LogP contribution in [0.4, 0.5) is 0 Å². The lowest BCUT2D eigenvalue weighted by atomic mass is 10.3. The first-order chi connectivity index (χ1) is 10.2. The molecule has 6 heteroatoms. The standard InChI is InChI=1S/C15H14ClN3O2/c1-9(21-11-5-3-4-10(16)8-11)14-17-12-6-7-13(20-2)18-15(12)19-14/h3-9H,1-2H3,(H,17,18,19). The molecule has 2 aromatic heterocycles. The average Bonchev–Trinajstić information content (AvgIpc) is 2.90. The van der Waals surface area contributed by atoms with Crippen LogP contribution >= 0.6 is 11.6 Å². The Morgan fingerprint density at radius 1 is 1.19 bits per heavy atom. The molecule has 0 saturated heterocycles. The number of H-pyrrole nitrogens is 1. The Kier molecular flexibility index (Phi) is 3.66. The molecule has 1 N–H and O–H groups in total. The molecule has 1 unspecified atom stereocenters. The fraction of sp³-hybridized carbons (Fsp3) is 0.200. The fourth-order valence-corrected chi connectivity index (χ4v) is 2.18. The Balaban J connectivity index is 1.85. The molecule has 0 spiro atoms. The van der Waals surface area contributed by atoms with Gasteiger partial charge in [-0.3, -0.25) is 0 Å². The number of aromatic nitrogens is 3. The lowest BCUT2D eigenvalue weighted by molar-refractivity contribution is 0.218. The molecular weight excluding hydrogens is 290 g/mol. The van der Waals surface area contributed by atoms with E-state index in [0.717, 1.165) is 5.52 Å². The summed E-state index contributed by atoms with van der Waals surface area (Å²) in [6.07, 6.45) is -0.247. The first-order valence-corrected chi connectivity index (χ1v) is 6.86. The van der Waals surface area contributed by atoms with E-state index in [9.17, 15) is 0 Å². The maximum absolute atomic E-state index is 5.94. The van der Waals surface area contributed by atoms with Gasteiger partial charge in [-0.05, 0) is 31.2 Å². The zero-order valence-corrected chi connectivity index (χ0v) is 12.4. The molecule has 0 aliphatic heterocycles. The number of hydrogen-bond acceptors (Lipinski definition) is 4. The number of rotatable bonds is 4. The van der Waals surface area contributed by atoms with Gasteiger partial charge in [-0.15, -0.1) is 0 Å². The third-order valence-corrected chi connectivity index (χ3v) is 3.28. The summed E-state index contributed by atoms with van der Waals surface area (Å²) in [6, 6.07) is 10.9. The van der Waals surface area contributed by atoms with Gasteiger partial charge in [0, 0.05) is 11.1 Å². The van der Waals surface area contributed by atoms with Gasteiger partial charge < -0.3 is 14.5 Å². The summed E-state index contributed by atoms with van der Waals surface area (Å²) < 4.78 is 10.9.